The van der Waals surface area contributed by atoms with Gasteiger partial charge in [0, 0.05) is 26.1 Å². The monoisotopic (exact) mass is 453 g/mol. The van der Waals surface area contributed by atoms with E-state index in [4.69, 9.17) is 9.47 Å². The number of hydrogen-bond donors (Lipinski definition) is 0. The first kappa shape index (κ1) is 22.5. The topological polar surface area (TPSA) is 38.8 Å². The minimum absolute atomic E-state index is 0.0406. The number of thiophene rings is 1. The predicted octanol–water partition coefficient (Wildman–Crippen LogP) is 5.64. The summed E-state index contributed by atoms with van der Waals surface area (Å²) < 4.78 is 25.5. The fourth-order valence-electron chi connectivity index (χ4n) is 3.92. The van der Waals surface area contributed by atoms with Crippen LogP contribution in [0.1, 0.15) is 39.2 Å². The Morgan fingerprint density at radius 2 is 2.09 bits per heavy atom. The number of carbonyl (C=O) groups is 1. The highest BCUT2D eigenvalue weighted by atomic mass is 32.1. The molecule has 3 aromatic rings. The molecule has 1 fully saturated rings. The molecule has 0 N–H and O–H groups in total. The Labute approximate surface area is 192 Å². The first-order valence-electron chi connectivity index (χ1n) is 11.0. The van der Waals surface area contributed by atoms with E-state index in [2.05, 4.69) is 0 Å². The average molecular weight is 454 g/mol. The molecule has 1 aromatic heterocycles. The summed E-state index contributed by atoms with van der Waals surface area (Å²) in [7, 11) is 0. The molecular formula is C26H28FNO3S. The van der Waals surface area contributed by atoms with Gasteiger partial charge in [0.1, 0.15) is 11.6 Å². The van der Waals surface area contributed by atoms with Crippen LogP contribution in [0.2, 0.25) is 0 Å². The molecule has 1 atom stereocenters. The summed E-state index contributed by atoms with van der Waals surface area (Å²) in [4.78, 5) is 15.9. The number of carbonyl (C=O) groups excluding carboxylic acids is 1. The van der Waals surface area contributed by atoms with Crippen LogP contribution in [0.3, 0.4) is 0 Å². The van der Waals surface area contributed by atoms with Crippen LogP contribution >= 0.6 is 11.3 Å². The Bertz CT molecular complexity index is 1040. The molecule has 2 heterocycles. The van der Waals surface area contributed by atoms with Gasteiger partial charge in [-0.2, -0.15) is 0 Å². The van der Waals surface area contributed by atoms with Gasteiger partial charge >= 0.3 is 0 Å². The average Bonchev–Trinajstić information content (AvgIpc) is 3.46. The van der Waals surface area contributed by atoms with Gasteiger partial charge in [-0.3, -0.25) is 4.79 Å². The second-order valence-corrected chi connectivity index (χ2v) is 9.01. The maximum Gasteiger partial charge on any atom is 0.264 e. The molecule has 32 heavy (non-hydrogen) atoms. The van der Waals surface area contributed by atoms with Gasteiger partial charge in [-0.25, -0.2) is 4.39 Å². The van der Waals surface area contributed by atoms with Crippen molar-refractivity contribution in [1.82, 2.24) is 4.90 Å². The molecule has 1 saturated heterocycles. The highest BCUT2D eigenvalue weighted by molar-refractivity contribution is 7.12. The number of halogens is 1. The van der Waals surface area contributed by atoms with E-state index in [-0.39, 0.29) is 17.8 Å². The van der Waals surface area contributed by atoms with Gasteiger partial charge < -0.3 is 14.4 Å². The molecule has 168 valence electrons. The number of hydrogen-bond acceptors (Lipinski definition) is 4. The van der Waals surface area contributed by atoms with Crippen molar-refractivity contribution < 1.29 is 18.7 Å². The molecule has 0 unspecified atom stereocenters. The van der Waals surface area contributed by atoms with Gasteiger partial charge in [0.05, 0.1) is 17.6 Å². The summed E-state index contributed by atoms with van der Waals surface area (Å²) in [5.74, 6) is 0.548. The molecule has 0 saturated carbocycles. The van der Waals surface area contributed by atoms with Crippen LogP contribution in [-0.2, 0) is 17.7 Å². The molecule has 0 spiro atoms. The lowest BCUT2D eigenvalue weighted by atomic mass is 10.1. The van der Waals surface area contributed by atoms with Crippen LogP contribution in [0, 0.1) is 12.7 Å². The maximum absolute atomic E-state index is 13.8. The van der Waals surface area contributed by atoms with Crippen LogP contribution < -0.4 is 4.74 Å². The highest BCUT2D eigenvalue weighted by Crippen LogP contribution is 2.23. The van der Waals surface area contributed by atoms with Crippen molar-refractivity contribution in [2.24, 2.45) is 0 Å². The molecule has 6 heteroatoms. The third-order valence-electron chi connectivity index (χ3n) is 5.66. The van der Waals surface area contributed by atoms with E-state index in [0.717, 1.165) is 41.2 Å². The SMILES string of the molecule is Cc1ccsc1C(=O)N(Cc1cccc(OCCc2ccccc2F)c1)C[C@@H]1CCCO1. The van der Waals surface area contributed by atoms with Crippen molar-refractivity contribution in [3.8, 4) is 5.75 Å². The summed E-state index contributed by atoms with van der Waals surface area (Å²) >= 11 is 1.48. The molecule has 0 radical (unpaired) electrons. The van der Waals surface area contributed by atoms with Gasteiger partial charge in [0.25, 0.3) is 5.91 Å². The molecule has 1 aliphatic rings. The van der Waals surface area contributed by atoms with Crippen LogP contribution in [0.5, 0.6) is 5.75 Å². The smallest absolute Gasteiger partial charge is 0.264 e. The molecule has 4 rings (SSSR count). The van der Waals surface area contributed by atoms with Gasteiger partial charge in [-0.05, 0) is 66.1 Å². The number of ether oxygens (including phenoxy) is 2. The van der Waals surface area contributed by atoms with Crippen molar-refractivity contribution in [2.45, 2.75) is 38.8 Å². The van der Waals surface area contributed by atoms with Crippen LogP contribution in [0.4, 0.5) is 4.39 Å². The van der Waals surface area contributed by atoms with Crippen LogP contribution in [-0.4, -0.2) is 36.7 Å². The van der Waals surface area contributed by atoms with E-state index in [9.17, 15) is 9.18 Å². The Hall–Kier alpha value is -2.70. The maximum atomic E-state index is 13.8. The number of aryl methyl sites for hydroxylation is 1. The number of rotatable bonds is 9. The first-order valence-corrected chi connectivity index (χ1v) is 11.9. The van der Waals surface area contributed by atoms with E-state index < -0.39 is 0 Å². The largest absolute Gasteiger partial charge is 0.493 e. The van der Waals surface area contributed by atoms with Gasteiger partial charge in [-0.15, -0.1) is 11.3 Å². The van der Waals surface area contributed by atoms with E-state index in [0.29, 0.717) is 31.7 Å². The van der Waals surface area contributed by atoms with Gasteiger partial charge in [0.2, 0.25) is 0 Å². The summed E-state index contributed by atoms with van der Waals surface area (Å²) in [6, 6.07) is 16.5. The molecule has 1 aliphatic heterocycles. The van der Waals surface area contributed by atoms with E-state index in [1.165, 1.54) is 17.4 Å². The quantitative estimate of drug-likeness (QED) is 0.421. The lowest BCUT2D eigenvalue weighted by molar-refractivity contribution is 0.0510. The van der Waals surface area contributed by atoms with Crippen molar-refractivity contribution in [3.63, 3.8) is 0 Å². The van der Waals surface area contributed by atoms with Gasteiger partial charge in [-0.1, -0.05) is 30.3 Å². The molecule has 0 aliphatic carbocycles. The van der Waals surface area contributed by atoms with Crippen molar-refractivity contribution in [3.05, 3.63) is 87.4 Å². The molecule has 2 aromatic carbocycles. The van der Waals surface area contributed by atoms with Crippen molar-refractivity contribution in [1.29, 1.82) is 0 Å². The zero-order valence-corrected chi connectivity index (χ0v) is 19.1. The van der Waals surface area contributed by atoms with E-state index in [1.807, 2.05) is 53.6 Å². The Morgan fingerprint density at radius 3 is 2.84 bits per heavy atom. The van der Waals surface area contributed by atoms with E-state index in [1.54, 1.807) is 12.1 Å². The fraction of sp³-hybridized carbons (Fsp3) is 0.346. The minimum Gasteiger partial charge on any atom is -0.493 e. The fourth-order valence-corrected chi connectivity index (χ4v) is 4.81. The second-order valence-electron chi connectivity index (χ2n) is 8.09. The van der Waals surface area contributed by atoms with Crippen LogP contribution in [0.15, 0.2) is 60.0 Å². The zero-order valence-electron chi connectivity index (χ0n) is 18.3. The Morgan fingerprint density at radius 1 is 1.22 bits per heavy atom. The first-order chi connectivity index (χ1) is 15.6. The normalized spacial score (nSPS) is 15.6. The number of amides is 1. The molecular weight excluding hydrogens is 425 g/mol. The zero-order chi connectivity index (χ0) is 22.3. The summed E-state index contributed by atoms with van der Waals surface area (Å²) in [6.45, 7) is 4.18. The standard InChI is InChI=1S/C26H28FNO3S/c1-19-12-15-32-25(19)26(29)28(18-23-9-5-13-30-23)17-20-6-4-8-22(16-20)31-14-11-21-7-2-3-10-24(21)27/h2-4,6-8,10,12,15-16,23H,5,9,11,13-14,17-18H2,1H3/t23-/m0/s1. The van der Waals surface area contributed by atoms with Crippen molar-refractivity contribution in [2.75, 3.05) is 19.8 Å². The lowest BCUT2D eigenvalue weighted by Crippen LogP contribution is -2.36. The van der Waals surface area contributed by atoms with E-state index >= 15 is 0 Å². The van der Waals surface area contributed by atoms with Gasteiger partial charge in [0.15, 0.2) is 0 Å². The summed E-state index contributed by atoms with van der Waals surface area (Å²) in [6.07, 6.45) is 2.60. The molecule has 0 bridgehead atoms. The Balaban J connectivity index is 1.42. The molecule has 1 amide bonds. The third kappa shape index (κ3) is 5.75. The summed E-state index contributed by atoms with van der Waals surface area (Å²) in [5.41, 5.74) is 2.64. The minimum atomic E-state index is -0.211. The Kier molecular flexibility index (Phi) is 7.55. The van der Waals surface area contributed by atoms with Crippen LogP contribution in [0.25, 0.3) is 0 Å². The third-order valence-corrected chi connectivity index (χ3v) is 6.67. The number of benzene rings is 2. The molecule has 4 nitrogen and oxygen atoms in total. The predicted molar refractivity (Wildman–Crippen MR) is 125 cm³/mol. The van der Waals surface area contributed by atoms with Crippen molar-refractivity contribution >= 4 is 17.2 Å². The second kappa shape index (κ2) is 10.7. The number of nitrogens with zero attached hydrogens (tertiary/aromatic N) is 1. The summed E-state index contributed by atoms with van der Waals surface area (Å²) in [5, 5.41) is 1.96. The lowest BCUT2D eigenvalue weighted by Gasteiger charge is -2.25. The highest BCUT2D eigenvalue weighted by Gasteiger charge is 2.25.